The Morgan fingerprint density at radius 1 is 0.750 bits per heavy atom. The average molecular weight is 478 g/mol. The number of hydrogen-bond donors (Lipinski definition) is 0. The van der Waals surface area contributed by atoms with Crippen molar-refractivity contribution in [1.82, 2.24) is 13.5 Å². The van der Waals surface area contributed by atoms with Crippen LogP contribution in [0.2, 0.25) is 0 Å². The Hall–Kier alpha value is -1.78. The lowest BCUT2D eigenvalue weighted by Gasteiger charge is -2.38. The molecule has 2 saturated heterocycles. The van der Waals surface area contributed by atoms with Crippen LogP contribution >= 0.6 is 0 Å². The molecule has 0 bridgehead atoms. The van der Waals surface area contributed by atoms with E-state index < -0.39 is 20.0 Å². The van der Waals surface area contributed by atoms with Crippen LogP contribution < -0.4 is 0 Å². The number of hydrogen-bond acceptors (Lipinski definition) is 5. The summed E-state index contributed by atoms with van der Waals surface area (Å²) >= 11 is 0. The molecule has 7 nitrogen and oxygen atoms in total. The number of likely N-dealkylation sites (N-methyl/N-ethyl adjacent to an activating group) is 1. The predicted molar refractivity (Wildman–Crippen MR) is 124 cm³/mol. The summed E-state index contributed by atoms with van der Waals surface area (Å²) in [6.07, 6.45) is 1.51. The highest BCUT2D eigenvalue weighted by atomic mass is 32.2. The van der Waals surface area contributed by atoms with E-state index in [0.29, 0.717) is 45.1 Å². The van der Waals surface area contributed by atoms with Crippen LogP contribution in [0.1, 0.15) is 31.4 Å². The van der Waals surface area contributed by atoms with Crippen LogP contribution in [-0.2, 0) is 20.0 Å². The fraction of sp³-hybridized carbons (Fsp3) is 0.478. The summed E-state index contributed by atoms with van der Waals surface area (Å²) in [4.78, 5) is 2.65. The third-order valence-corrected chi connectivity index (χ3v) is 10.4. The molecule has 0 spiro atoms. The highest BCUT2D eigenvalue weighted by molar-refractivity contribution is 7.89. The number of sulfonamides is 2. The molecule has 2 aromatic carbocycles. The first-order valence-corrected chi connectivity index (χ1v) is 13.9. The van der Waals surface area contributed by atoms with Gasteiger partial charge in [0, 0.05) is 32.7 Å². The van der Waals surface area contributed by atoms with Gasteiger partial charge in [0.25, 0.3) is 0 Å². The molecule has 0 saturated carbocycles. The fourth-order valence-corrected chi connectivity index (χ4v) is 7.56. The molecule has 2 aromatic rings. The molecule has 174 valence electrons. The number of piperidine rings is 1. The van der Waals surface area contributed by atoms with E-state index in [0.717, 1.165) is 12.0 Å². The van der Waals surface area contributed by atoms with E-state index in [1.807, 2.05) is 7.05 Å². The van der Waals surface area contributed by atoms with Crippen molar-refractivity contribution in [2.45, 2.75) is 35.6 Å². The molecule has 2 aliphatic rings. The molecule has 0 radical (unpaired) electrons. The monoisotopic (exact) mass is 477 g/mol. The Bertz CT molecular complexity index is 1130. The topological polar surface area (TPSA) is 78.0 Å². The zero-order valence-electron chi connectivity index (χ0n) is 18.6. The first kappa shape index (κ1) is 23.4. The molecule has 2 atom stereocenters. The third-order valence-electron chi connectivity index (χ3n) is 6.53. The zero-order chi connectivity index (χ0) is 22.9. The predicted octanol–water partition coefficient (Wildman–Crippen LogP) is 2.78. The van der Waals surface area contributed by atoms with Crippen LogP contribution in [-0.4, -0.2) is 70.1 Å². The van der Waals surface area contributed by atoms with Crippen LogP contribution in [0.25, 0.3) is 0 Å². The van der Waals surface area contributed by atoms with Gasteiger partial charge in [0.1, 0.15) is 0 Å². The minimum Gasteiger partial charge on any atom is -0.304 e. The number of piperazine rings is 1. The van der Waals surface area contributed by atoms with Crippen molar-refractivity contribution in [2.75, 3.05) is 39.8 Å². The lowest BCUT2D eigenvalue weighted by atomic mass is 9.90. The number of nitrogens with zero attached hydrogens (tertiary/aromatic N) is 3. The van der Waals surface area contributed by atoms with Crippen molar-refractivity contribution in [2.24, 2.45) is 5.92 Å². The standard InChI is InChI=1S/C23H31N3O4S2/c1-19-12-13-26(32(29,30)21-6-4-3-5-7-21)23(18-19)20-8-10-22(11-9-20)31(27,28)25-16-14-24(2)15-17-25/h3-11,19,23H,12-18H2,1-2H3. The summed E-state index contributed by atoms with van der Waals surface area (Å²) in [6.45, 7) is 4.96. The summed E-state index contributed by atoms with van der Waals surface area (Å²) < 4.78 is 55.9. The Balaban J connectivity index is 1.61. The Kier molecular flexibility index (Phi) is 6.74. The van der Waals surface area contributed by atoms with Crippen molar-refractivity contribution in [3.63, 3.8) is 0 Å². The minimum absolute atomic E-state index is 0.257. The number of rotatable bonds is 5. The van der Waals surface area contributed by atoms with Gasteiger partial charge in [-0.3, -0.25) is 0 Å². The lowest BCUT2D eigenvalue weighted by Crippen LogP contribution is -2.47. The molecule has 0 N–H and O–H groups in total. The molecule has 2 heterocycles. The second-order valence-corrected chi connectivity index (χ2v) is 12.7. The summed E-state index contributed by atoms with van der Waals surface area (Å²) in [6, 6.07) is 15.0. The summed E-state index contributed by atoms with van der Waals surface area (Å²) in [7, 11) is -5.21. The third kappa shape index (κ3) is 4.63. The first-order chi connectivity index (χ1) is 15.2. The highest BCUT2D eigenvalue weighted by Gasteiger charge is 2.37. The Morgan fingerprint density at radius 2 is 1.34 bits per heavy atom. The van der Waals surface area contributed by atoms with Crippen LogP contribution in [0.4, 0.5) is 0 Å². The molecule has 0 aromatic heterocycles. The summed E-state index contributed by atoms with van der Waals surface area (Å²) in [5.74, 6) is 0.385. The van der Waals surface area contributed by atoms with Crippen LogP contribution in [0, 0.1) is 5.92 Å². The second-order valence-electron chi connectivity index (χ2n) is 8.85. The molecule has 0 aliphatic carbocycles. The molecule has 2 aliphatic heterocycles. The molecule has 2 unspecified atom stereocenters. The Morgan fingerprint density at radius 3 is 1.97 bits per heavy atom. The molecule has 2 fully saturated rings. The zero-order valence-corrected chi connectivity index (χ0v) is 20.2. The van der Waals surface area contributed by atoms with Gasteiger partial charge >= 0.3 is 0 Å². The average Bonchev–Trinajstić information content (AvgIpc) is 2.80. The SMILES string of the molecule is CC1CCN(S(=O)(=O)c2ccccc2)C(c2ccc(S(=O)(=O)N3CCN(C)CC3)cc2)C1. The molecule has 9 heteroatoms. The maximum atomic E-state index is 13.4. The van der Waals surface area contributed by atoms with Gasteiger partial charge in [0.2, 0.25) is 20.0 Å². The maximum absolute atomic E-state index is 13.4. The smallest absolute Gasteiger partial charge is 0.243 e. The molecule has 0 amide bonds. The van der Waals surface area contributed by atoms with Crippen molar-refractivity contribution >= 4 is 20.0 Å². The van der Waals surface area contributed by atoms with E-state index >= 15 is 0 Å². The van der Waals surface area contributed by atoms with Crippen LogP contribution in [0.3, 0.4) is 0 Å². The number of benzene rings is 2. The van der Waals surface area contributed by atoms with E-state index in [4.69, 9.17) is 0 Å². The highest BCUT2D eigenvalue weighted by Crippen LogP contribution is 2.38. The van der Waals surface area contributed by atoms with Gasteiger partial charge < -0.3 is 4.90 Å². The van der Waals surface area contributed by atoms with E-state index in [1.165, 1.54) is 4.31 Å². The largest absolute Gasteiger partial charge is 0.304 e. The minimum atomic E-state index is -3.64. The molecule has 4 rings (SSSR count). The molecular weight excluding hydrogens is 446 g/mol. The van der Waals surface area contributed by atoms with Crippen molar-refractivity contribution in [3.05, 3.63) is 60.2 Å². The first-order valence-electron chi connectivity index (χ1n) is 11.0. The van der Waals surface area contributed by atoms with E-state index in [-0.39, 0.29) is 15.8 Å². The lowest BCUT2D eigenvalue weighted by molar-refractivity contribution is 0.208. The quantitative estimate of drug-likeness (QED) is 0.662. The van der Waals surface area contributed by atoms with Gasteiger partial charge in [-0.1, -0.05) is 37.3 Å². The van der Waals surface area contributed by atoms with Gasteiger partial charge in [-0.25, -0.2) is 16.8 Å². The van der Waals surface area contributed by atoms with Gasteiger partial charge in [0.15, 0.2) is 0 Å². The normalized spacial score (nSPS) is 24.4. The maximum Gasteiger partial charge on any atom is 0.243 e. The Labute approximate surface area is 191 Å². The van der Waals surface area contributed by atoms with Gasteiger partial charge in [-0.05, 0) is 55.6 Å². The van der Waals surface area contributed by atoms with E-state index in [9.17, 15) is 16.8 Å². The fourth-order valence-electron chi connectivity index (χ4n) is 4.48. The summed E-state index contributed by atoms with van der Waals surface area (Å²) in [5, 5.41) is 0. The second kappa shape index (κ2) is 9.23. The van der Waals surface area contributed by atoms with Crippen molar-refractivity contribution in [1.29, 1.82) is 0 Å². The van der Waals surface area contributed by atoms with Gasteiger partial charge in [-0.15, -0.1) is 0 Å². The summed E-state index contributed by atoms with van der Waals surface area (Å²) in [5.41, 5.74) is 0.827. The van der Waals surface area contributed by atoms with E-state index in [2.05, 4.69) is 11.8 Å². The van der Waals surface area contributed by atoms with Gasteiger partial charge in [0.05, 0.1) is 15.8 Å². The molecule has 32 heavy (non-hydrogen) atoms. The van der Waals surface area contributed by atoms with Crippen molar-refractivity contribution < 1.29 is 16.8 Å². The van der Waals surface area contributed by atoms with Gasteiger partial charge in [-0.2, -0.15) is 8.61 Å². The van der Waals surface area contributed by atoms with Crippen LogP contribution in [0.5, 0.6) is 0 Å². The van der Waals surface area contributed by atoms with E-state index in [1.54, 1.807) is 58.9 Å². The van der Waals surface area contributed by atoms with Crippen LogP contribution in [0.15, 0.2) is 64.4 Å². The van der Waals surface area contributed by atoms with Crippen molar-refractivity contribution in [3.8, 4) is 0 Å². The molecular formula is C23H31N3O4S2.